The fraction of sp³-hybridized carbons (Fsp3) is 0.381. The van der Waals surface area contributed by atoms with Crippen LogP contribution in [0.15, 0.2) is 48.5 Å². The summed E-state index contributed by atoms with van der Waals surface area (Å²) in [5.41, 5.74) is 4.66. The van der Waals surface area contributed by atoms with Gasteiger partial charge in [0.15, 0.2) is 0 Å². The van der Waals surface area contributed by atoms with Crippen molar-refractivity contribution in [3.8, 4) is 0 Å². The third-order valence-corrected chi connectivity index (χ3v) is 5.38. The molecule has 0 atom stereocenters. The summed E-state index contributed by atoms with van der Waals surface area (Å²) in [6.07, 6.45) is 4.23. The van der Waals surface area contributed by atoms with Crippen LogP contribution in [-0.4, -0.2) is 30.4 Å². The minimum atomic E-state index is 0. The van der Waals surface area contributed by atoms with Crippen molar-refractivity contribution in [2.75, 3.05) is 25.0 Å². The summed E-state index contributed by atoms with van der Waals surface area (Å²) >= 11 is 0. The number of hydrogen-bond donors (Lipinski definition) is 1. The molecule has 25 heavy (non-hydrogen) atoms. The number of nitrogens with zero attached hydrogens (tertiary/aromatic N) is 1. The van der Waals surface area contributed by atoms with Gasteiger partial charge in [-0.05, 0) is 54.9 Å². The molecular formula is C21H25ClN2O. The van der Waals surface area contributed by atoms with Gasteiger partial charge in [-0.15, -0.1) is 12.4 Å². The van der Waals surface area contributed by atoms with E-state index in [9.17, 15) is 4.79 Å². The van der Waals surface area contributed by atoms with Crippen molar-refractivity contribution in [1.82, 2.24) is 4.90 Å². The maximum Gasteiger partial charge on any atom is 0.254 e. The Bertz CT molecular complexity index is 724. The van der Waals surface area contributed by atoms with Crippen LogP contribution in [0.25, 0.3) is 0 Å². The lowest BCUT2D eigenvalue weighted by molar-refractivity contribution is 0.0712. The summed E-state index contributed by atoms with van der Waals surface area (Å²) < 4.78 is 0. The molecule has 0 radical (unpaired) electrons. The Kier molecular flexibility index (Phi) is 5.64. The highest BCUT2D eigenvalue weighted by atomic mass is 35.5. The number of piperidine rings is 1. The second-order valence-corrected chi connectivity index (χ2v) is 6.84. The molecule has 0 saturated carbocycles. The maximum atomic E-state index is 13.0. The van der Waals surface area contributed by atoms with E-state index < -0.39 is 0 Å². The molecule has 0 unspecified atom stereocenters. The molecule has 2 heterocycles. The summed E-state index contributed by atoms with van der Waals surface area (Å²) in [5, 5.41) is 3.42. The van der Waals surface area contributed by atoms with E-state index in [0.717, 1.165) is 56.6 Å². The van der Waals surface area contributed by atoms with E-state index >= 15 is 0 Å². The van der Waals surface area contributed by atoms with E-state index in [4.69, 9.17) is 0 Å². The number of halogens is 1. The fourth-order valence-corrected chi connectivity index (χ4v) is 4.02. The van der Waals surface area contributed by atoms with Gasteiger partial charge in [-0.3, -0.25) is 4.79 Å². The van der Waals surface area contributed by atoms with Crippen LogP contribution < -0.4 is 5.32 Å². The van der Waals surface area contributed by atoms with Gasteiger partial charge in [0.2, 0.25) is 0 Å². The largest absolute Gasteiger partial charge is 0.385 e. The Morgan fingerprint density at radius 3 is 2.52 bits per heavy atom. The molecule has 0 bridgehead atoms. The van der Waals surface area contributed by atoms with E-state index in [1.165, 1.54) is 11.1 Å². The zero-order valence-electron chi connectivity index (χ0n) is 14.4. The maximum absolute atomic E-state index is 13.0. The number of carbonyl (C=O) groups is 1. The molecule has 2 aromatic carbocycles. The van der Waals surface area contributed by atoms with Crippen LogP contribution in [0, 0.1) is 0 Å². The summed E-state index contributed by atoms with van der Waals surface area (Å²) in [5.74, 6) is 0.795. The van der Waals surface area contributed by atoms with Gasteiger partial charge < -0.3 is 10.2 Å². The Morgan fingerprint density at radius 1 is 1.00 bits per heavy atom. The normalized spacial score (nSPS) is 17.2. The summed E-state index contributed by atoms with van der Waals surface area (Å²) in [4.78, 5) is 15.1. The first-order chi connectivity index (χ1) is 11.8. The third-order valence-electron chi connectivity index (χ3n) is 5.38. The van der Waals surface area contributed by atoms with E-state index in [2.05, 4.69) is 41.7 Å². The van der Waals surface area contributed by atoms with Crippen molar-refractivity contribution in [2.24, 2.45) is 0 Å². The second-order valence-electron chi connectivity index (χ2n) is 6.84. The molecule has 3 nitrogen and oxygen atoms in total. The molecule has 1 saturated heterocycles. The monoisotopic (exact) mass is 356 g/mol. The lowest BCUT2D eigenvalue weighted by atomic mass is 9.89. The minimum Gasteiger partial charge on any atom is -0.385 e. The number of hydrogen-bond acceptors (Lipinski definition) is 2. The summed E-state index contributed by atoms with van der Waals surface area (Å²) in [7, 11) is 0. The Hall–Kier alpha value is -2.00. The van der Waals surface area contributed by atoms with Gasteiger partial charge in [0, 0.05) is 30.9 Å². The molecule has 2 aliphatic rings. The number of carbonyl (C=O) groups excluding carboxylic acids is 1. The first kappa shape index (κ1) is 17.8. The summed E-state index contributed by atoms with van der Waals surface area (Å²) in [6.45, 7) is 2.72. The molecular weight excluding hydrogens is 332 g/mol. The first-order valence-corrected chi connectivity index (χ1v) is 9.03. The lowest BCUT2D eigenvalue weighted by Gasteiger charge is -2.33. The molecule has 132 valence electrons. The average Bonchev–Trinajstić information content (AvgIpc) is 2.68. The second kappa shape index (κ2) is 7.92. The number of anilines is 1. The van der Waals surface area contributed by atoms with E-state index in [-0.39, 0.29) is 18.3 Å². The molecule has 1 fully saturated rings. The van der Waals surface area contributed by atoms with Crippen LogP contribution in [0.4, 0.5) is 5.69 Å². The molecule has 2 aromatic rings. The topological polar surface area (TPSA) is 32.3 Å². The molecule has 4 heteroatoms. The molecule has 2 aliphatic heterocycles. The number of rotatable bonds is 2. The smallest absolute Gasteiger partial charge is 0.254 e. The predicted molar refractivity (Wildman–Crippen MR) is 105 cm³/mol. The number of benzene rings is 2. The number of amides is 1. The minimum absolute atomic E-state index is 0. The number of likely N-dealkylation sites (tertiary alicyclic amines) is 1. The van der Waals surface area contributed by atoms with Crippen molar-refractivity contribution >= 4 is 24.0 Å². The van der Waals surface area contributed by atoms with Crippen LogP contribution in [0.5, 0.6) is 0 Å². The average molecular weight is 357 g/mol. The molecule has 0 aliphatic carbocycles. The Balaban J connectivity index is 0.00000182. The first-order valence-electron chi connectivity index (χ1n) is 9.03. The standard InChI is InChI=1S/C21H24N2O.ClH/c24-21(19-8-4-10-20-18(19)9-5-13-22-20)23-14-11-17(12-15-23)16-6-2-1-3-7-16;/h1-4,6-8,10,17,22H,5,9,11-15H2;1H. The van der Waals surface area contributed by atoms with E-state index in [0.29, 0.717) is 5.92 Å². The predicted octanol–water partition coefficient (Wildman–Crippen LogP) is 4.49. The van der Waals surface area contributed by atoms with Gasteiger partial charge in [-0.2, -0.15) is 0 Å². The summed E-state index contributed by atoms with van der Waals surface area (Å²) in [6, 6.07) is 16.8. The quantitative estimate of drug-likeness (QED) is 0.860. The fourth-order valence-electron chi connectivity index (χ4n) is 4.02. The lowest BCUT2D eigenvalue weighted by Crippen LogP contribution is -2.38. The molecule has 0 aromatic heterocycles. The van der Waals surface area contributed by atoms with Crippen molar-refractivity contribution in [1.29, 1.82) is 0 Å². The molecule has 4 rings (SSSR count). The van der Waals surface area contributed by atoms with Gasteiger partial charge >= 0.3 is 0 Å². The van der Waals surface area contributed by atoms with E-state index in [1.54, 1.807) is 0 Å². The zero-order valence-corrected chi connectivity index (χ0v) is 15.2. The van der Waals surface area contributed by atoms with Crippen LogP contribution in [0.2, 0.25) is 0 Å². The number of fused-ring (bicyclic) bond motifs is 1. The zero-order chi connectivity index (χ0) is 16.4. The molecule has 1 N–H and O–H groups in total. The Morgan fingerprint density at radius 2 is 1.76 bits per heavy atom. The van der Waals surface area contributed by atoms with Crippen molar-refractivity contribution in [2.45, 2.75) is 31.6 Å². The van der Waals surface area contributed by atoms with Gasteiger partial charge in [-0.25, -0.2) is 0 Å². The molecule has 1 amide bonds. The van der Waals surface area contributed by atoms with Crippen molar-refractivity contribution in [3.63, 3.8) is 0 Å². The molecule has 0 spiro atoms. The van der Waals surface area contributed by atoms with Crippen molar-refractivity contribution in [3.05, 3.63) is 65.2 Å². The van der Waals surface area contributed by atoms with Crippen LogP contribution >= 0.6 is 12.4 Å². The van der Waals surface area contributed by atoms with Gasteiger partial charge in [-0.1, -0.05) is 36.4 Å². The third kappa shape index (κ3) is 3.67. The van der Waals surface area contributed by atoms with Crippen LogP contribution in [-0.2, 0) is 6.42 Å². The van der Waals surface area contributed by atoms with Crippen molar-refractivity contribution < 1.29 is 4.79 Å². The SMILES string of the molecule is Cl.O=C(c1cccc2c1CCCN2)N1CCC(c2ccccc2)CC1. The van der Waals surface area contributed by atoms with Gasteiger partial charge in [0.1, 0.15) is 0 Å². The van der Waals surface area contributed by atoms with E-state index in [1.807, 2.05) is 17.0 Å². The van der Waals surface area contributed by atoms with Crippen LogP contribution in [0.1, 0.15) is 46.7 Å². The van der Waals surface area contributed by atoms with Gasteiger partial charge in [0.05, 0.1) is 0 Å². The number of nitrogens with one attached hydrogen (secondary N) is 1. The highest BCUT2D eigenvalue weighted by Crippen LogP contribution is 2.30. The highest BCUT2D eigenvalue weighted by Gasteiger charge is 2.26. The highest BCUT2D eigenvalue weighted by molar-refractivity contribution is 5.97. The van der Waals surface area contributed by atoms with Gasteiger partial charge in [0.25, 0.3) is 5.91 Å². The van der Waals surface area contributed by atoms with Crippen LogP contribution in [0.3, 0.4) is 0 Å². The Labute approximate surface area is 155 Å².